The van der Waals surface area contributed by atoms with Gasteiger partial charge in [-0.3, -0.25) is 19.7 Å². The number of carbonyl (C=O) groups excluding carboxylic acids is 2. The average molecular weight is 331 g/mol. The van der Waals surface area contributed by atoms with Gasteiger partial charge in [-0.2, -0.15) is 0 Å². The molecule has 0 aliphatic heterocycles. The van der Waals surface area contributed by atoms with E-state index in [1.165, 1.54) is 43.5 Å². The summed E-state index contributed by atoms with van der Waals surface area (Å²) in [5, 5.41) is 15.9. The molecule has 7 nitrogen and oxygen atoms in total. The lowest BCUT2D eigenvalue weighted by Crippen LogP contribution is -2.45. The third kappa shape index (κ3) is 3.39. The largest absolute Gasteiger partial charge is 0.345 e. The minimum Gasteiger partial charge on any atom is -0.345 e. The van der Waals surface area contributed by atoms with Gasteiger partial charge in [0.15, 0.2) is 0 Å². The van der Waals surface area contributed by atoms with E-state index >= 15 is 0 Å². The van der Waals surface area contributed by atoms with Crippen molar-refractivity contribution in [3.8, 4) is 0 Å². The Morgan fingerprint density at radius 1 is 1.17 bits per heavy atom. The summed E-state index contributed by atoms with van der Waals surface area (Å²) in [6.45, 7) is 1.96. The Morgan fingerprint density at radius 2 is 1.88 bits per heavy atom. The summed E-state index contributed by atoms with van der Waals surface area (Å²) in [5.74, 6) is 0.499. The number of nitrogens with zero attached hydrogens (tertiary/aromatic N) is 1. The fourth-order valence-corrected chi connectivity index (χ4v) is 4.14. The van der Waals surface area contributed by atoms with Crippen molar-refractivity contribution < 1.29 is 14.5 Å². The van der Waals surface area contributed by atoms with Crippen molar-refractivity contribution >= 4 is 23.2 Å². The van der Waals surface area contributed by atoms with E-state index in [-0.39, 0.29) is 11.7 Å². The molecule has 0 radical (unpaired) electrons. The highest BCUT2D eigenvalue weighted by Crippen LogP contribution is 2.49. The van der Waals surface area contributed by atoms with Crippen LogP contribution in [0.15, 0.2) is 24.3 Å². The summed E-state index contributed by atoms with van der Waals surface area (Å²) < 4.78 is 0. The van der Waals surface area contributed by atoms with Crippen molar-refractivity contribution in [2.45, 2.75) is 38.6 Å². The zero-order chi connectivity index (χ0) is 17.3. The van der Waals surface area contributed by atoms with Gasteiger partial charge < -0.3 is 10.6 Å². The molecule has 2 aliphatic rings. The average Bonchev–Trinajstić information content (AvgIpc) is 3.18. The lowest BCUT2D eigenvalue weighted by molar-refractivity contribution is -0.384. The van der Waals surface area contributed by atoms with Crippen LogP contribution in [0, 0.1) is 27.9 Å². The quantitative estimate of drug-likeness (QED) is 0.503. The molecular formula is C17H21N3O4. The molecule has 0 spiro atoms. The Bertz CT molecular complexity index is 658. The number of nitrogens with one attached hydrogen (secondary N) is 2. The fraction of sp³-hybridized carbons (Fsp3) is 0.529. The van der Waals surface area contributed by atoms with Gasteiger partial charge in [0.05, 0.1) is 4.92 Å². The second kappa shape index (κ2) is 6.59. The molecule has 3 rings (SSSR count). The second-order valence-electron chi connectivity index (χ2n) is 6.86. The SMILES string of the molecule is CC(NC(=O)C(=O)Nc1ccc([N+](=O)[O-])cc1)C1CC2CCC1C2. The molecule has 1 aromatic rings. The molecule has 7 heteroatoms. The van der Waals surface area contributed by atoms with Gasteiger partial charge in [0, 0.05) is 23.9 Å². The van der Waals surface area contributed by atoms with E-state index in [1.54, 1.807) is 0 Å². The van der Waals surface area contributed by atoms with E-state index in [0.29, 0.717) is 17.5 Å². The molecule has 2 N–H and O–H groups in total. The first-order valence-corrected chi connectivity index (χ1v) is 8.30. The van der Waals surface area contributed by atoms with Gasteiger partial charge in [-0.15, -0.1) is 0 Å². The van der Waals surface area contributed by atoms with Crippen molar-refractivity contribution in [1.82, 2.24) is 5.32 Å². The van der Waals surface area contributed by atoms with Crippen LogP contribution in [0.3, 0.4) is 0 Å². The maximum atomic E-state index is 12.1. The Labute approximate surface area is 140 Å². The van der Waals surface area contributed by atoms with Gasteiger partial charge in [-0.1, -0.05) is 6.42 Å². The van der Waals surface area contributed by atoms with E-state index in [4.69, 9.17) is 0 Å². The lowest BCUT2D eigenvalue weighted by Gasteiger charge is -2.28. The Kier molecular flexibility index (Phi) is 4.51. The summed E-state index contributed by atoms with van der Waals surface area (Å²) in [6.07, 6.45) is 4.91. The maximum Gasteiger partial charge on any atom is 0.313 e. The number of hydrogen-bond donors (Lipinski definition) is 2. The highest BCUT2D eigenvalue weighted by Gasteiger charge is 2.42. The lowest BCUT2D eigenvalue weighted by atomic mass is 9.84. The number of nitro groups is 1. The summed E-state index contributed by atoms with van der Waals surface area (Å²) in [6, 6.07) is 5.36. The summed E-state index contributed by atoms with van der Waals surface area (Å²) in [7, 11) is 0. The smallest absolute Gasteiger partial charge is 0.313 e. The van der Waals surface area contributed by atoms with E-state index in [9.17, 15) is 19.7 Å². The predicted molar refractivity (Wildman–Crippen MR) is 88.3 cm³/mol. The van der Waals surface area contributed by atoms with Crippen molar-refractivity contribution in [2.24, 2.45) is 17.8 Å². The van der Waals surface area contributed by atoms with Crippen LogP contribution in [0.4, 0.5) is 11.4 Å². The van der Waals surface area contributed by atoms with Crippen LogP contribution in [0.5, 0.6) is 0 Å². The van der Waals surface area contributed by atoms with Gasteiger partial charge in [0.1, 0.15) is 0 Å². The van der Waals surface area contributed by atoms with Crippen LogP contribution in [-0.2, 0) is 9.59 Å². The topological polar surface area (TPSA) is 101 Å². The van der Waals surface area contributed by atoms with Crippen LogP contribution < -0.4 is 10.6 Å². The summed E-state index contributed by atoms with van der Waals surface area (Å²) in [5.41, 5.74) is 0.288. The molecule has 0 aromatic heterocycles. The Balaban J connectivity index is 1.53. The zero-order valence-corrected chi connectivity index (χ0v) is 13.5. The third-order valence-corrected chi connectivity index (χ3v) is 5.34. The molecule has 2 fully saturated rings. The number of amides is 2. The number of hydrogen-bond acceptors (Lipinski definition) is 4. The van der Waals surface area contributed by atoms with E-state index in [0.717, 1.165) is 12.3 Å². The molecule has 2 amide bonds. The van der Waals surface area contributed by atoms with Gasteiger partial charge >= 0.3 is 11.8 Å². The van der Waals surface area contributed by atoms with Crippen LogP contribution >= 0.6 is 0 Å². The molecule has 128 valence electrons. The second-order valence-corrected chi connectivity index (χ2v) is 6.86. The molecular weight excluding hydrogens is 310 g/mol. The van der Waals surface area contributed by atoms with Crippen LogP contribution in [-0.4, -0.2) is 22.8 Å². The maximum absolute atomic E-state index is 12.1. The van der Waals surface area contributed by atoms with Crippen molar-refractivity contribution in [3.05, 3.63) is 34.4 Å². The first-order valence-electron chi connectivity index (χ1n) is 8.30. The minimum atomic E-state index is -0.751. The molecule has 4 unspecified atom stereocenters. The highest BCUT2D eigenvalue weighted by molar-refractivity contribution is 6.39. The normalized spacial score (nSPS) is 26.0. The molecule has 1 aromatic carbocycles. The Morgan fingerprint density at radius 3 is 2.42 bits per heavy atom. The Hall–Kier alpha value is -2.44. The molecule has 2 saturated carbocycles. The highest BCUT2D eigenvalue weighted by atomic mass is 16.6. The third-order valence-electron chi connectivity index (χ3n) is 5.34. The van der Waals surface area contributed by atoms with Crippen LogP contribution in [0.25, 0.3) is 0 Å². The van der Waals surface area contributed by atoms with Gasteiger partial charge in [-0.05, 0) is 56.1 Å². The van der Waals surface area contributed by atoms with Crippen LogP contribution in [0.1, 0.15) is 32.6 Å². The van der Waals surface area contributed by atoms with Crippen molar-refractivity contribution in [1.29, 1.82) is 0 Å². The van der Waals surface area contributed by atoms with Gasteiger partial charge in [0.2, 0.25) is 0 Å². The molecule has 2 aliphatic carbocycles. The summed E-state index contributed by atoms with van der Waals surface area (Å²) in [4.78, 5) is 34.1. The number of rotatable bonds is 4. The van der Waals surface area contributed by atoms with Gasteiger partial charge in [0.25, 0.3) is 5.69 Å². The monoisotopic (exact) mass is 331 g/mol. The molecule has 0 heterocycles. The van der Waals surface area contributed by atoms with E-state index in [1.807, 2.05) is 6.92 Å². The number of nitro benzene ring substituents is 1. The number of non-ortho nitro benzene ring substituents is 1. The van der Waals surface area contributed by atoms with Crippen molar-refractivity contribution in [3.63, 3.8) is 0 Å². The molecule has 0 saturated heterocycles. The van der Waals surface area contributed by atoms with Gasteiger partial charge in [-0.25, -0.2) is 0 Å². The number of benzene rings is 1. The van der Waals surface area contributed by atoms with Crippen LogP contribution in [0.2, 0.25) is 0 Å². The fourth-order valence-electron chi connectivity index (χ4n) is 4.14. The zero-order valence-electron chi connectivity index (χ0n) is 13.5. The number of anilines is 1. The number of fused-ring (bicyclic) bond motifs is 2. The first kappa shape index (κ1) is 16.4. The van der Waals surface area contributed by atoms with Crippen molar-refractivity contribution in [2.75, 3.05) is 5.32 Å². The molecule has 24 heavy (non-hydrogen) atoms. The first-order chi connectivity index (χ1) is 11.4. The van der Waals surface area contributed by atoms with E-state index in [2.05, 4.69) is 10.6 Å². The number of carbonyl (C=O) groups is 2. The standard InChI is InChI=1S/C17H21N3O4/c1-10(15-9-11-2-3-12(15)8-11)18-16(21)17(22)19-13-4-6-14(7-5-13)20(23)24/h4-7,10-12,15H,2-3,8-9H2,1H3,(H,18,21)(H,19,22). The van der Waals surface area contributed by atoms with E-state index < -0.39 is 16.7 Å². The summed E-state index contributed by atoms with van der Waals surface area (Å²) >= 11 is 0. The molecule has 4 atom stereocenters. The minimum absolute atomic E-state index is 0.0181. The molecule has 2 bridgehead atoms. The predicted octanol–water partition coefficient (Wildman–Crippen LogP) is 2.47.